The largest absolute Gasteiger partial charge is 0.339 e. The fraction of sp³-hybridized carbons (Fsp3) is 0.579. The molecule has 2 saturated heterocycles. The molecule has 130 valence electrons. The van der Waals surface area contributed by atoms with E-state index in [0.29, 0.717) is 5.56 Å². The van der Waals surface area contributed by atoms with Crippen molar-refractivity contribution in [2.24, 2.45) is 17.8 Å². The maximum atomic E-state index is 12.7. The predicted octanol–water partition coefficient (Wildman–Crippen LogP) is 2.35. The van der Waals surface area contributed by atoms with E-state index in [4.69, 9.17) is 0 Å². The molecule has 2 N–H and O–H groups in total. The van der Waals surface area contributed by atoms with Crippen LogP contribution >= 0.6 is 0 Å². The average Bonchev–Trinajstić information content (AvgIpc) is 2.93. The second-order valence-electron chi connectivity index (χ2n) is 7.27. The molecule has 0 saturated carbocycles. The van der Waals surface area contributed by atoms with Crippen LogP contribution in [0.2, 0.25) is 0 Å². The van der Waals surface area contributed by atoms with Crippen LogP contribution in [0.3, 0.4) is 0 Å². The van der Waals surface area contributed by atoms with Crippen LogP contribution in [0.25, 0.3) is 0 Å². The quantitative estimate of drug-likeness (QED) is 0.895. The molecular weight excluding hydrogens is 302 g/mol. The molecule has 2 fully saturated rings. The van der Waals surface area contributed by atoms with Crippen LogP contribution in [-0.4, -0.2) is 42.9 Å². The van der Waals surface area contributed by atoms with Crippen LogP contribution in [0.1, 0.15) is 37.0 Å². The Balaban J connectivity index is 1.61. The molecule has 0 aromatic heterocycles. The molecule has 0 bridgehead atoms. The van der Waals surface area contributed by atoms with Gasteiger partial charge >= 0.3 is 0 Å². The van der Waals surface area contributed by atoms with Crippen LogP contribution in [0.15, 0.2) is 24.3 Å². The molecule has 3 rings (SSSR count). The van der Waals surface area contributed by atoms with Gasteiger partial charge in [0.1, 0.15) is 0 Å². The SMILES string of the molecule is CC(C)C(=O)Nc1ccc(C(=O)N2CC[C@@H]3CNC[C@@H]3CC2)cc1. The van der Waals surface area contributed by atoms with Gasteiger partial charge in [-0.25, -0.2) is 0 Å². The minimum absolute atomic E-state index is 0.0123. The standard InChI is InChI=1S/C19H27N3O2/c1-13(2)18(23)21-17-5-3-14(4-6-17)19(24)22-9-7-15-11-20-12-16(15)8-10-22/h3-6,13,15-16,20H,7-12H2,1-2H3,(H,21,23)/t15-,16+. The number of carbonyl (C=O) groups excluding carboxylic acids is 2. The van der Waals surface area contributed by atoms with Gasteiger partial charge in [-0.15, -0.1) is 0 Å². The molecule has 0 unspecified atom stereocenters. The summed E-state index contributed by atoms with van der Waals surface area (Å²) in [6.45, 7) is 7.59. The summed E-state index contributed by atoms with van der Waals surface area (Å²) < 4.78 is 0. The van der Waals surface area contributed by atoms with Crippen LogP contribution in [-0.2, 0) is 4.79 Å². The van der Waals surface area contributed by atoms with Gasteiger partial charge in [0.15, 0.2) is 0 Å². The fourth-order valence-corrected chi connectivity index (χ4v) is 3.59. The van der Waals surface area contributed by atoms with E-state index in [1.807, 2.05) is 43.0 Å². The molecule has 2 heterocycles. The minimum atomic E-state index is -0.0580. The first kappa shape index (κ1) is 17.0. The van der Waals surface area contributed by atoms with Crippen LogP contribution in [0.5, 0.6) is 0 Å². The zero-order valence-corrected chi connectivity index (χ0v) is 14.5. The first-order valence-corrected chi connectivity index (χ1v) is 8.95. The number of rotatable bonds is 3. The van der Waals surface area contributed by atoms with Crippen molar-refractivity contribution in [3.63, 3.8) is 0 Å². The number of anilines is 1. The Bertz CT molecular complexity index is 583. The summed E-state index contributed by atoms with van der Waals surface area (Å²) in [5.74, 6) is 1.47. The van der Waals surface area contributed by atoms with E-state index < -0.39 is 0 Å². The maximum absolute atomic E-state index is 12.7. The maximum Gasteiger partial charge on any atom is 0.253 e. The molecule has 5 heteroatoms. The monoisotopic (exact) mass is 329 g/mol. The van der Waals surface area contributed by atoms with Crippen LogP contribution < -0.4 is 10.6 Å². The van der Waals surface area contributed by atoms with E-state index in [-0.39, 0.29) is 17.7 Å². The molecule has 0 radical (unpaired) electrons. The first-order valence-electron chi connectivity index (χ1n) is 8.95. The zero-order valence-electron chi connectivity index (χ0n) is 14.5. The summed E-state index contributed by atoms with van der Waals surface area (Å²) in [5.41, 5.74) is 1.43. The summed E-state index contributed by atoms with van der Waals surface area (Å²) in [5, 5.41) is 6.31. The molecule has 1 aromatic carbocycles. The number of nitrogens with zero attached hydrogens (tertiary/aromatic N) is 1. The molecular formula is C19H27N3O2. The lowest BCUT2D eigenvalue weighted by molar-refractivity contribution is -0.118. The van der Waals surface area contributed by atoms with Gasteiger partial charge in [-0.2, -0.15) is 0 Å². The van der Waals surface area contributed by atoms with Gasteiger partial charge in [0.2, 0.25) is 5.91 Å². The summed E-state index contributed by atoms with van der Waals surface area (Å²) in [7, 11) is 0. The first-order chi connectivity index (χ1) is 11.5. The lowest BCUT2D eigenvalue weighted by Crippen LogP contribution is -2.32. The van der Waals surface area contributed by atoms with Crippen molar-refractivity contribution in [3.8, 4) is 0 Å². The summed E-state index contributed by atoms with van der Waals surface area (Å²) in [6.07, 6.45) is 2.18. The molecule has 2 amide bonds. The fourth-order valence-electron chi connectivity index (χ4n) is 3.59. The van der Waals surface area contributed by atoms with Crippen molar-refractivity contribution in [1.29, 1.82) is 0 Å². The number of hydrogen-bond acceptors (Lipinski definition) is 3. The Kier molecular flexibility index (Phi) is 5.19. The van der Waals surface area contributed by atoms with E-state index in [2.05, 4.69) is 10.6 Å². The third-order valence-corrected chi connectivity index (χ3v) is 5.23. The Morgan fingerprint density at radius 3 is 2.21 bits per heavy atom. The van der Waals surface area contributed by atoms with E-state index in [9.17, 15) is 9.59 Å². The number of fused-ring (bicyclic) bond motifs is 1. The summed E-state index contributed by atoms with van der Waals surface area (Å²) in [4.78, 5) is 26.4. The molecule has 0 spiro atoms. The van der Waals surface area contributed by atoms with Crippen molar-refractivity contribution >= 4 is 17.5 Å². The molecule has 1 aromatic rings. The van der Waals surface area contributed by atoms with Gasteiger partial charge in [-0.05, 0) is 62.0 Å². The van der Waals surface area contributed by atoms with Gasteiger partial charge in [0.25, 0.3) is 5.91 Å². The Hall–Kier alpha value is -1.88. The number of nitrogens with one attached hydrogen (secondary N) is 2. The van der Waals surface area contributed by atoms with E-state index in [1.165, 1.54) is 0 Å². The van der Waals surface area contributed by atoms with E-state index in [1.54, 1.807) is 0 Å². The Morgan fingerprint density at radius 1 is 1.08 bits per heavy atom. The molecule has 5 nitrogen and oxygen atoms in total. The van der Waals surface area contributed by atoms with Gasteiger partial charge in [-0.3, -0.25) is 9.59 Å². The molecule has 2 aliphatic heterocycles. The Labute approximate surface area is 143 Å². The second-order valence-corrected chi connectivity index (χ2v) is 7.27. The van der Waals surface area contributed by atoms with E-state index >= 15 is 0 Å². The average molecular weight is 329 g/mol. The highest BCUT2D eigenvalue weighted by molar-refractivity contribution is 5.96. The summed E-state index contributed by atoms with van der Waals surface area (Å²) in [6, 6.07) is 7.24. The topological polar surface area (TPSA) is 61.4 Å². The minimum Gasteiger partial charge on any atom is -0.339 e. The van der Waals surface area contributed by atoms with Gasteiger partial charge in [0.05, 0.1) is 0 Å². The molecule has 24 heavy (non-hydrogen) atoms. The van der Waals surface area contributed by atoms with Crippen molar-refractivity contribution in [3.05, 3.63) is 29.8 Å². The second kappa shape index (κ2) is 7.34. The van der Waals surface area contributed by atoms with Crippen molar-refractivity contribution in [1.82, 2.24) is 10.2 Å². The van der Waals surface area contributed by atoms with Crippen LogP contribution in [0.4, 0.5) is 5.69 Å². The predicted molar refractivity (Wildman–Crippen MR) is 94.9 cm³/mol. The molecule has 0 aliphatic carbocycles. The normalized spacial score (nSPS) is 23.7. The summed E-state index contributed by atoms with van der Waals surface area (Å²) >= 11 is 0. The lowest BCUT2D eigenvalue weighted by Gasteiger charge is -2.21. The highest BCUT2D eigenvalue weighted by atomic mass is 16.2. The molecule has 2 atom stereocenters. The van der Waals surface area contributed by atoms with Crippen molar-refractivity contribution in [2.45, 2.75) is 26.7 Å². The number of likely N-dealkylation sites (tertiary alicyclic amines) is 1. The third-order valence-electron chi connectivity index (χ3n) is 5.23. The van der Waals surface area contributed by atoms with Crippen molar-refractivity contribution < 1.29 is 9.59 Å². The highest BCUT2D eigenvalue weighted by Gasteiger charge is 2.31. The molecule has 2 aliphatic rings. The Morgan fingerprint density at radius 2 is 1.67 bits per heavy atom. The lowest BCUT2D eigenvalue weighted by atomic mass is 9.92. The zero-order chi connectivity index (χ0) is 17.1. The van der Waals surface area contributed by atoms with Crippen molar-refractivity contribution in [2.75, 3.05) is 31.5 Å². The number of benzene rings is 1. The van der Waals surface area contributed by atoms with Crippen LogP contribution in [0, 0.1) is 17.8 Å². The van der Waals surface area contributed by atoms with Gasteiger partial charge in [0, 0.05) is 30.3 Å². The van der Waals surface area contributed by atoms with Gasteiger partial charge in [-0.1, -0.05) is 13.8 Å². The number of carbonyl (C=O) groups is 2. The van der Waals surface area contributed by atoms with Gasteiger partial charge < -0.3 is 15.5 Å². The number of hydrogen-bond donors (Lipinski definition) is 2. The smallest absolute Gasteiger partial charge is 0.253 e. The highest BCUT2D eigenvalue weighted by Crippen LogP contribution is 2.27. The number of amides is 2. The van der Waals surface area contributed by atoms with E-state index in [0.717, 1.165) is 56.5 Å². The third kappa shape index (κ3) is 3.78.